The van der Waals surface area contributed by atoms with Gasteiger partial charge in [0.2, 0.25) is 11.8 Å². The zero-order valence-corrected chi connectivity index (χ0v) is 15.9. The number of hydrogen-bond acceptors (Lipinski definition) is 5. The molecule has 8 heteroatoms. The van der Waals surface area contributed by atoms with Gasteiger partial charge in [0, 0.05) is 22.2 Å². The Morgan fingerprint density at radius 1 is 1.12 bits per heavy atom. The van der Waals surface area contributed by atoms with Gasteiger partial charge < -0.3 is 9.73 Å². The highest BCUT2D eigenvalue weighted by Crippen LogP contribution is 2.23. The van der Waals surface area contributed by atoms with Crippen LogP contribution in [-0.4, -0.2) is 28.4 Å². The SMILES string of the molecule is O=C(CSc1nnc(-c2ccccc2)o1)NCCc1ccc(Cl)cc1Cl. The van der Waals surface area contributed by atoms with Crippen LogP contribution in [0.2, 0.25) is 10.0 Å². The number of aromatic nitrogens is 2. The van der Waals surface area contributed by atoms with Gasteiger partial charge in [0.25, 0.3) is 5.22 Å². The van der Waals surface area contributed by atoms with Crippen LogP contribution < -0.4 is 5.32 Å². The molecule has 0 saturated carbocycles. The molecule has 0 aliphatic rings. The van der Waals surface area contributed by atoms with Gasteiger partial charge in [0.15, 0.2) is 0 Å². The molecule has 2 aromatic carbocycles. The summed E-state index contributed by atoms with van der Waals surface area (Å²) in [5.74, 6) is 0.524. The van der Waals surface area contributed by atoms with Gasteiger partial charge >= 0.3 is 0 Å². The Labute approximate surface area is 165 Å². The van der Waals surface area contributed by atoms with Crippen molar-refractivity contribution in [1.82, 2.24) is 15.5 Å². The summed E-state index contributed by atoms with van der Waals surface area (Å²) >= 11 is 13.2. The fourth-order valence-corrected chi connectivity index (χ4v) is 3.30. The van der Waals surface area contributed by atoms with Crippen molar-refractivity contribution in [3.8, 4) is 11.5 Å². The van der Waals surface area contributed by atoms with Crippen LogP contribution in [0, 0.1) is 0 Å². The predicted octanol–water partition coefficient (Wildman–Crippen LogP) is 4.49. The van der Waals surface area contributed by atoms with Gasteiger partial charge in [-0.05, 0) is 36.2 Å². The fourth-order valence-electron chi connectivity index (χ4n) is 2.20. The predicted molar refractivity (Wildman–Crippen MR) is 104 cm³/mol. The van der Waals surface area contributed by atoms with E-state index in [-0.39, 0.29) is 11.7 Å². The van der Waals surface area contributed by atoms with Crippen molar-refractivity contribution in [1.29, 1.82) is 0 Å². The summed E-state index contributed by atoms with van der Waals surface area (Å²) in [6.45, 7) is 0.486. The normalized spacial score (nSPS) is 10.7. The molecule has 0 unspecified atom stereocenters. The van der Waals surface area contributed by atoms with Gasteiger partial charge in [0.1, 0.15) is 0 Å². The van der Waals surface area contributed by atoms with Gasteiger partial charge in [-0.25, -0.2) is 0 Å². The number of nitrogens with zero attached hydrogens (tertiary/aromatic N) is 2. The van der Waals surface area contributed by atoms with Crippen LogP contribution in [0.1, 0.15) is 5.56 Å². The molecule has 0 bridgehead atoms. The van der Waals surface area contributed by atoms with Crippen molar-refractivity contribution in [3.05, 3.63) is 64.1 Å². The number of carbonyl (C=O) groups excluding carboxylic acids is 1. The largest absolute Gasteiger partial charge is 0.411 e. The quantitative estimate of drug-likeness (QED) is 0.584. The zero-order chi connectivity index (χ0) is 18.4. The van der Waals surface area contributed by atoms with E-state index in [9.17, 15) is 4.79 Å². The van der Waals surface area contributed by atoms with Crippen LogP contribution >= 0.6 is 35.0 Å². The second-order valence-corrected chi connectivity index (χ2v) is 7.13. The van der Waals surface area contributed by atoms with E-state index in [4.69, 9.17) is 27.6 Å². The van der Waals surface area contributed by atoms with Crippen LogP contribution in [-0.2, 0) is 11.2 Å². The molecule has 0 atom stereocenters. The smallest absolute Gasteiger partial charge is 0.277 e. The maximum atomic E-state index is 11.9. The third kappa shape index (κ3) is 5.24. The molecular formula is C18H15Cl2N3O2S. The number of hydrogen-bond donors (Lipinski definition) is 1. The summed E-state index contributed by atoms with van der Waals surface area (Å²) in [6, 6.07) is 14.8. The second kappa shape index (κ2) is 9.07. The van der Waals surface area contributed by atoms with Gasteiger partial charge in [-0.2, -0.15) is 0 Å². The Bertz CT molecular complexity index is 887. The summed E-state index contributed by atoms with van der Waals surface area (Å²) < 4.78 is 5.55. The summed E-state index contributed by atoms with van der Waals surface area (Å²) in [4.78, 5) is 11.9. The first-order valence-electron chi connectivity index (χ1n) is 7.84. The van der Waals surface area contributed by atoms with Crippen molar-refractivity contribution in [2.24, 2.45) is 0 Å². The Morgan fingerprint density at radius 3 is 2.69 bits per heavy atom. The number of thioether (sulfide) groups is 1. The van der Waals surface area contributed by atoms with Gasteiger partial charge in [-0.1, -0.05) is 59.2 Å². The topological polar surface area (TPSA) is 68.0 Å². The van der Waals surface area contributed by atoms with Crippen LogP contribution in [0.15, 0.2) is 58.2 Å². The van der Waals surface area contributed by atoms with E-state index in [1.807, 2.05) is 36.4 Å². The van der Waals surface area contributed by atoms with Gasteiger partial charge in [-0.15, -0.1) is 10.2 Å². The number of carbonyl (C=O) groups is 1. The van der Waals surface area contributed by atoms with E-state index in [2.05, 4.69) is 15.5 Å². The van der Waals surface area contributed by atoms with Crippen LogP contribution in [0.5, 0.6) is 0 Å². The van der Waals surface area contributed by atoms with E-state index in [0.29, 0.717) is 34.1 Å². The average molecular weight is 408 g/mol. The van der Waals surface area contributed by atoms with Crippen LogP contribution in [0.4, 0.5) is 0 Å². The maximum Gasteiger partial charge on any atom is 0.277 e. The Kier molecular flexibility index (Phi) is 6.55. The minimum absolute atomic E-state index is 0.112. The molecule has 3 aromatic rings. The average Bonchev–Trinajstić information content (AvgIpc) is 3.12. The Morgan fingerprint density at radius 2 is 1.92 bits per heavy atom. The minimum atomic E-state index is -0.112. The molecule has 5 nitrogen and oxygen atoms in total. The maximum absolute atomic E-state index is 11.9. The van der Waals surface area contributed by atoms with E-state index in [0.717, 1.165) is 11.1 Å². The molecule has 0 spiro atoms. The van der Waals surface area contributed by atoms with E-state index in [1.165, 1.54) is 11.8 Å². The molecule has 0 radical (unpaired) electrons. The monoisotopic (exact) mass is 407 g/mol. The molecule has 0 aliphatic carbocycles. The number of rotatable bonds is 7. The van der Waals surface area contributed by atoms with Crippen LogP contribution in [0.3, 0.4) is 0 Å². The standard InChI is InChI=1S/C18H15Cl2N3O2S/c19-14-7-6-12(15(20)10-14)8-9-21-16(24)11-26-18-23-22-17(25-18)13-4-2-1-3-5-13/h1-7,10H,8-9,11H2,(H,21,24). The van der Waals surface area contributed by atoms with Gasteiger partial charge in [-0.3, -0.25) is 4.79 Å². The first kappa shape index (κ1) is 18.8. The van der Waals surface area contributed by atoms with E-state index in [1.54, 1.807) is 12.1 Å². The lowest BCUT2D eigenvalue weighted by Gasteiger charge is -2.06. The number of amides is 1. The first-order valence-corrected chi connectivity index (χ1v) is 9.58. The number of benzene rings is 2. The minimum Gasteiger partial charge on any atom is -0.411 e. The summed E-state index contributed by atoms with van der Waals surface area (Å²) in [6.07, 6.45) is 0.630. The van der Waals surface area contributed by atoms with Crippen LogP contribution in [0.25, 0.3) is 11.5 Å². The highest BCUT2D eigenvalue weighted by molar-refractivity contribution is 7.99. The summed E-state index contributed by atoms with van der Waals surface area (Å²) in [5.41, 5.74) is 1.78. The molecule has 0 fully saturated rings. The zero-order valence-electron chi connectivity index (χ0n) is 13.6. The molecule has 1 amide bonds. The number of nitrogens with one attached hydrogen (secondary N) is 1. The third-order valence-corrected chi connectivity index (χ3v) is 4.89. The molecular weight excluding hydrogens is 393 g/mol. The van der Waals surface area contributed by atoms with Crippen molar-refractivity contribution >= 4 is 40.9 Å². The summed E-state index contributed by atoms with van der Waals surface area (Å²) in [7, 11) is 0. The number of halogens is 2. The Balaban J connectivity index is 1.44. The summed E-state index contributed by atoms with van der Waals surface area (Å²) in [5, 5.41) is 12.3. The molecule has 0 aliphatic heterocycles. The van der Waals surface area contributed by atoms with Crippen molar-refractivity contribution in [2.75, 3.05) is 12.3 Å². The van der Waals surface area contributed by atoms with Crippen molar-refractivity contribution < 1.29 is 9.21 Å². The highest BCUT2D eigenvalue weighted by Gasteiger charge is 2.11. The molecule has 1 heterocycles. The lowest BCUT2D eigenvalue weighted by molar-refractivity contribution is -0.118. The lowest BCUT2D eigenvalue weighted by atomic mass is 10.1. The molecule has 1 N–H and O–H groups in total. The molecule has 1 aromatic heterocycles. The third-order valence-electron chi connectivity index (χ3n) is 3.49. The lowest BCUT2D eigenvalue weighted by Crippen LogP contribution is -2.27. The van der Waals surface area contributed by atoms with E-state index < -0.39 is 0 Å². The Hall–Kier alpha value is -2.02. The van der Waals surface area contributed by atoms with E-state index >= 15 is 0 Å². The van der Waals surface area contributed by atoms with Crippen molar-refractivity contribution in [2.45, 2.75) is 11.6 Å². The molecule has 3 rings (SSSR count). The second-order valence-electron chi connectivity index (χ2n) is 5.36. The highest BCUT2D eigenvalue weighted by atomic mass is 35.5. The fraction of sp³-hybridized carbons (Fsp3) is 0.167. The van der Waals surface area contributed by atoms with Gasteiger partial charge in [0.05, 0.1) is 5.75 Å². The molecule has 0 saturated heterocycles. The van der Waals surface area contributed by atoms with Crippen molar-refractivity contribution in [3.63, 3.8) is 0 Å². The molecule has 134 valence electrons. The molecule has 26 heavy (non-hydrogen) atoms. The first-order chi connectivity index (χ1) is 12.6.